The van der Waals surface area contributed by atoms with Crippen molar-refractivity contribution < 1.29 is 23.8 Å². The maximum absolute atomic E-state index is 12.1. The summed E-state index contributed by atoms with van der Waals surface area (Å²) in [6.45, 7) is 9.61. The van der Waals surface area contributed by atoms with E-state index in [-0.39, 0.29) is 18.1 Å². The normalized spacial score (nSPS) is 11.2. The molecule has 0 aromatic heterocycles. The second kappa shape index (κ2) is 8.71. The first kappa shape index (κ1) is 20.5. The molecule has 5 nitrogen and oxygen atoms in total. The Hall–Kier alpha value is -2.82. The second-order valence-electron chi connectivity index (χ2n) is 7.49. The van der Waals surface area contributed by atoms with E-state index in [0.29, 0.717) is 17.1 Å². The number of benzene rings is 2. The molecule has 144 valence electrons. The SMILES string of the molecule is CC(C)OC(=O)c1ccc(OC(=O)COc2ccccc2C(C)(C)C)cc1. The standard InChI is InChI=1S/C22H26O5/c1-15(2)26-21(24)16-10-12-17(13-11-16)27-20(23)14-25-19-9-7-6-8-18(19)22(3,4)5/h6-13,15H,14H2,1-5H3. The van der Waals surface area contributed by atoms with E-state index in [1.807, 2.05) is 24.3 Å². The van der Waals surface area contributed by atoms with Gasteiger partial charge < -0.3 is 14.2 Å². The monoisotopic (exact) mass is 370 g/mol. The predicted octanol–water partition coefficient (Wildman–Crippen LogP) is 4.53. The summed E-state index contributed by atoms with van der Waals surface area (Å²) in [6, 6.07) is 13.9. The van der Waals surface area contributed by atoms with Crippen molar-refractivity contribution in [1.29, 1.82) is 0 Å². The lowest BCUT2D eigenvalue weighted by Gasteiger charge is -2.22. The fourth-order valence-corrected chi connectivity index (χ4v) is 2.45. The van der Waals surface area contributed by atoms with Crippen molar-refractivity contribution in [2.45, 2.75) is 46.1 Å². The van der Waals surface area contributed by atoms with Crippen LogP contribution in [0.5, 0.6) is 11.5 Å². The van der Waals surface area contributed by atoms with Crippen LogP contribution in [0.15, 0.2) is 48.5 Å². The molecule has 0 aliphatic rings. The molecule has 0 saturated carbocycles. The Balaban J connectivity index is 1.94. The average Bonchev–Trinajstić information content (AvgIpc) is 2.59. The number of carbonyl (C=O) groups is 2. The van der Waals surface area contributed by atoms with Gasteiger partial charge in [-0.05, 0) is 55.2 Å². The van der Waals surface area contributed by atoms with E-state index in [4.69, 9.17) is 14.2 Å². The van der Waals surface area contributed by atoms with Crippen molar-refractivity contribution in [1.82, 2.24) is 0 Å². The van der Waals surface area contributed by atoms with E-state index < -0.39 is 11.9 Å². The highest BCUT2D eigenvalue weighted by Gasteiger charge is 2.19. The third-order valence-corrected chi connectivity index (χ3v) is 3.71. The Labute approximate surface area is 160 Å². The number of hydrogen-bond acceptors (Lipinski definition) is 5. The number of ether oxygens (including phenoxy) is 3. The minimum absolute atomic E-state index is 0.0963. The Bertz CT molecular complexity index is 785. The molecule has 0 aliphatic carbocycles. The molecule has 5 heteroatoms. The third kappa shape index (κ3) is 6.13. The van der Waals surface area contributed by atoms with Crippen LogP contribution in [0.4, 0.5) is 0 Å². The minimum Gasteiger partial charge on any atom is -0.482 e. The molecule has 0 amide bonds. The third-order valence-electron chi connectivity index (χ3n) is 3.71. The van der Waals surface area contributed by atoms with Crippen LogP contribution < -0.4 is 9.47 Å². The Morgan fingerprint density at radius 2 is 1.59 bits per heavy atom. The van der Waals surface area contributed by atoms with E-state index in [1.165, 1.54) is 0 Å². The van der Waals surface area contributed by atoms with Gasteiger partial charge in [-0.3, -0.25) is 0 Å². The van der Waals surface area contributed by atoms with Crippen LogP contribution in [-0.4, -0.2) is 24.6 Å². The van der Waals surface area contributed by atoms with Crippen LogP contribution in [0.2, 0.25) is 0 Å². The van der Waals surface area contributed by atoms with E-state index in [9.17, 15) is 9.59 Å². The molecule has 0 atom stereocenters. The van der Waals surface area contributed by atoms with Crippen molar-refractivity contribution in [2.75, 3.05) is 6.61 Å². The Morgan fingerprint density at radius 1 is 0.963 bits per heavy atom. The molecular formula is C22H26O5. The predicted molar refractivity (Wildman–Crippen MR) is 103 cm³/mol. The van der Waals surface area contributed by atoms with Crippen molar-refractivity contribution in [3.63, 3.8) is 0 Å². The summed E-state index contributed by atoms with van der Waals surface area (Å²) < 4.78 is 16.0. The molecule has 0 fully saturated rings. The van der Waals surface area contributed by atoms with Crippen molar-refractivity contribution >= 4 is 11.9 Å². The van der Waals surface area contributed by atoms with Gasteiger partial charge in [0.05, 0.1) is 11.7 Å². The van der Waals surface area contributed by atoms with Crippen LogP contribution >= 0.6 is 0 Å². The molecular weight excluding hydrogens is 344 g/mol. The van der Waals surface area contributed by atoms with Gasteiger partial charge in [-0.2, -0.15) is 0 Å². The zero-order chi connectivity index (χ0) is 20.0. The van der Waals surface area contributed by atoms with Crippen molar-refractivity contribution in [3.8, 4) is 11.5 Å². The maximum Gasteiger partial charge on any atom is 0.349 e. The number of hydrogen-bond donors (Lipinski definition) is 0. The van der Waals surface area contributed by atoms with Crippen LogP contribution in [0.3, 0.4) is 0 Å². The fraction of sp³-hybridized carbons (Fsp3) is 0.364. The average molecular weight is 370 g/mol. The summed E-state index contributed by atoms with van der Waals surface area (Å²) >= 11 is 0. The van der Waals surface area contributed by atoms with Crippen LogP contribution in [-0.2, 0) is 14.9 Å². The lowest BCUT2D eigenvalue weighted by Crippen LogP contribution is -2.20. The molecule has 0 unspecified atom stereocenters. The van der Waals surface area contributed by atoms with Gasteiger partial charge in [0.25, 0.3) is 0 Å². The van der Waals surface area contributed by atoms with Gasteiger partial charge in [0.1, 0.15) is 11.5 Å². The molecule has 2 aromatic carbocycles. The number of rotatable bonds is 6. The van der Waals surface area contributed by atoms with Gasteiger partial charge in [-0.1, -0.05) is 39.0 Å². The summed E-state index contributed by atoms with van der Waals surface area (Å²) in [4.78, 5) is 23.9. The molecule has 0 spiro atoms. The number of para-hydroxylation sites is 1. The highest BCUT2D eigenvalue weighted by atomic mass is 16.6. The van der Waals surface area contributed by atoms with Gasteiger partial charge in [0.15, 0.2) is 6.61 Å². The largest absolute Gasteiger partial charge is 0.482 e. The van der Waals surface area contributed by atoms with E-state index in [0.717, 1.165) is 5.56 Å². The van der Waals surface area contributed by atoms with E-state index in [1.54, 1.807) is 38.1 Å². The zero-order valence-electron chi connectivity index (χ0n) is 16.4. The first-order chi connectivity index (χ1) is 12.7. The molecule has 2 aromatic rings. The molecule has 0 aliphatic heterocycles. The highest BCUT2D eigenvalue weighted by Crippen LogP contribution is 2.30. The molecule has 0 heterocycles. The summed E-state index contributed by atoms with van der Waals surface area (Å²) in [5.74, 6) is 0.0729. The summed E-state index contributed by atoms with van der Waals surface area (Å²) in [5, 5.41) is 0. The molecule has 0 saturated heterocycles. The topological polar surface area (TPSA) is 61.8 Å². The van der Waals surface area contributed by atoms with Crippen LogP contribution in [0, 0.1) is 0 Å². The van der Waals surface area contributed by atoms with Gasteiger partial charge >= 0.3 is 11.9 Å². The van der Waals surface area contributed by atoms with Gasteiger partial charge in [-0.15, -0.1) is 0 Å². The molecule has 27 heavy (non-hydrogen) atoms. The van der Waals surface area contributed by atoms with Crippen LogP contribution in [0.1, 0.15) is 50.5 Å². The molecule has 0 radical (unpaired) electrons. The summed E-state index contributed by atoms with van der Waals surface area (Å²) in [7, 11) is 0. The zero-order valence-corrected chi connectivity index (χ0v) is 16.4. The second-order valence-corrected chi connectivity index (χ2v) is 7.49. The molecule has 0 N–H and O–H groups in total. The summed E-state index contributed by atoms with van der Waals surface area (Å²) in [6.07, 6.45) is -0.192. The van der Waals surface area contributed by atoms with E-state index >= 15 is 0 Å². The number of carbonyl (C=O) groups excluding carboxylic acids is 2. The smallest absolute Gasteiger partial charge is 0.349 e. The van der Waals surface area contributed by atoms with E-state index in [2.05, 4.69) is 20.8 Å². The first-order valence-corrected chi connectivity index (χ1v) is 8.91. The lowest BCUT2D eigenvalue weighted by molar-refractivity contribution is -0.136. The minimum atomic E-state index is -0.517. The van der Waals surface area contributed by atoms with Gasteiger partial charge in [0, 0.05) is 0 Å². The molecule has 0 bridgehead atoms. The first-order valence-electron chi connectivity index (χ1n) is 8.91. The van der Waals surface area contributed by atoms with Gasteiger partial charge in [-0.25, -0.2) is 9.59 Å². The maximum atomic E-state index is 12.1. The highest BCUT2D eigenvalue weighted by molar-refractivity contribution is 5.89. The summed E-state index contributed by atoms with van der Waals surface area (Å²) in [5.41, 5.74) is 1.32. The molecule has 2 rings (SSSR count). The van der Waals surface area contributed by atoms with Crippen molar-refractivity contribution in [2.24, 2.45) is 0 Å². The fourth-order valence-electron chi connectivity index (χ4n) is 2.45. The van der Waals surface area contributed by atoms with Crippen LogP contribution in [0.25, 0.3) is 0 Å². The number of esters is 2. The Morgan fingerprint density at radius 3 is 2.19 bits per heavy atom. The Kier molecular flexibility index (Phi) is 6.61. The van der Waals surface area contributed by atoms with Gasteiger partial charge in [0.2, 0.25) is 0 Å². The van der Waals surface area contributed by atoms with Crippen molar-refractivity contribution in [3.05, 3.63) is 59.7 Å². The lowest BCUT2D eigenvalue weighted by atomic mass is 9.86. The quantitative estimate of drug-likeness (QED) is 0.552.